The number of hydrogen-bond donors (Lipinski definition) is 1. The zero-order valence-electron chi connectivity index (χ0n) is 9.77. The smallest absolute Gasteiger partial charge is 0.269 e. The second kappa shape index (κ2) is 6.23. The van der Waals surface area contributed by atoms with Crippen molar-refractivity contribution >= 4 is 5.69 Å². The molecule has 0 atom stereocenters. The Hall–Kier alpha value is -1.42. The van der Waals surface area contributed by atoms with Crippen LogP contribution in [-0.4, -0.2) is 11.5 Å². The van der Waals surface area contributed by atoms with E-state index < -0.39 is 0 Å². The Labute approximate surface area is 95.8 Å². The molecular weight excluding hydrogens is 204 g/mol. The Morgan fingerprint density at radius 1 is 1.31 bits per heavy atom. The molecule has 1 N–H and O–H groups in total. The third kappa shape index (κ3) is 4.40. The van der Waals surface area contributed by atoms with Gasteiger partial charge in [-0.3, -0.25) is 10.1 Å². The summed E-state index contributed by atoms with van der Waals surface area (Å²) < 4.78 is 0. The van der Waals surface area contributed by atoms with Crippen molar-refractivity contribution in [3.8, 4) is 0 Å². The molecule has 1 aromatic rings. The number of non-ortho nitro benzene ring substituents is 1. The summed E-state index contributed by atoms with van der Waals surface area (Å²) in [6.45, 7) is 6.13. The van der Waals surface area contributed by atoms with Crippen LogP contribution in [0.5, 0.6) is 0 Å². The molecule has 88 valence electrons. The zero-order chi connectivity index (χ0) is 12.0. The molecule has 0 radical (unpaired) electrons. The summed E-state index contributed by atoms with van der Waals surface area (Å²) in [5.74, 6) is 0.698. The lowest BCUT2D eigenvalue weighted by atomic mass is 10.1. The highest BCUT2D eigenvalue weighted by Crippen LogP contribution is 2.11. The summed E-state index contributed by atoms with van der Waals surface area (Å²) in [7, 11) is 0. The topological polar surface area (TPSA) is 55.2 Å². The maximum absolute atomic E-state index is 10.4. The van der Waals surface area contributed by atoms with E-state index in [0.29, 0.717) is 5.92 Å². The van der Waals surface area contributed by atoms with E-state index in [0.717, 1.165) is 25.1 Å². The number of nitro groups is 1. The fourth-order valence-corrected chi connectivity index (χ4v) is 1.36. The summed E-state index contributed by atoms with van der Waals surface area (Å²) in [6, 6.07) is 6.67. The minimum absolute atomic E-state index is 0.144. The molecule has 0 heterocycles. The molecule has 0 fully saturated rings. The maximum Gasteiger partial charge on any atom is 0.269 e. The number of nitrogens with one attached hydrogen (secondary N) is 1. The standard InChI is InChI=1S/C12H18N2O2/c1-10(2)7-8-13-9-11-3-5-12(6-4-11)14(15)16/h3-6,10,13H,7-9H2,1-2H3. The van der Waals surface area contributed by atoms with Crippen LogP contribution in [0.4, 0.5) is 5.69 Å². The van der Waals surface area contributed by atoms with Crippen molar-refractivity contribution in [3.63, 3.8) is 0 Å². The van der Waals surface area contributed by atoms with Gasteiger partial charge in [-0.1, -0.05) is 26.0 Å². The van der Waals surface area contributed by atoms with E-state index in [-0.39, 0.29) is 10.6 Å². The predicted molar refractivity (Wildman–Crippen MR) is 64.3 cm³/mol. The Morgan fingerprint density at radius 2 is 1.94 bits per heavy atom. The van der Waals surface area contributed by atoms with Gasteiger partial charge in [-0.15, -0.1) is 0 Å². The highest BCUT2D eigenvalue weighted by atomic mass is 16.6. The fraction of sp³-hybridized carbons (Fsp3) is 0.500. The van der Waals surface area contributed by atoms with E-state index in [2.05, 4.69) is 19.2 Å². The molecule has 0 unspecified atom stereocenters. The molecule has 0 saturated heterocycles. The first-order valence-electron chi connectivity index (χ1n) is 5.53. The van der Waals surface area contributed by atoms with Gasteiger partial charge in [-0.25, -0.2) is 0 Å². The van der Waals surface area contributed by atoms with E-state index in [1.165, 1.54) is 0 Å². The molecule has 0 saturated carbocycles. The van der Waals surface area contributed by atoms with Crippen molar-refractivity contribution in [3.05, 3.63) is 39.9 Å². The highest BCUT2D eigenvalue weighted by molar-refractivity contribution is 5.32. The van der Waals surface area contributed by atoms with Crippen molar-refractivity contribution in [2.24, 2.45) is 5.92 Å². The van der Waals surface area contributed by atoms with Crippen LogP contribution in [0.1, 0.15) is 25.8 Å². The quantitative estimate of drug-likeness (QED) is 0.457. The molecule has 1 aromatic carbocycles. The average molecular weight is 222 g/mol. The number of nitro benzene ring substituents is 1. The monoisotopic (exact) mass is 222 g/mol. The first-order chi connectivity index (χ1) is 7.59. The first kappa shape index (κ1) is 12.6. The van der Waals surface area contributed by atoms with Crippen molar-refractivity contribution < 1.29 is 4.92 Å². The lowest BCUT2D eigenvalue weighted by molar-refractivity contribution is -0.384. The summed E-state index contributed by atoms with van der Waals surface area (Å²) in [5, 5.41) is 13.7. The molecule has 0 spiro atoms. The van der Waals surface area contributed by atoms with Gasteiger partial charge in [0.25, 0.3) is 5.69 Å². The molecule has 1 rings (SSSR count). The van der Waals surface area contributed by atoms with Crippen molar-refractivity contribution in [2.45, 2.75) is 26.8 Å². The van der Waals surface area contributed by atoms with Gasteiger partial charge in [0.05, 0.1) is 4.92 Å². The van der Waals surface area contributed by atoms with Gasteiger partial charge in [-0.05, 0) is 24.4 Å². The Bertz CT molecular complexity index is 333. The van der Waals surface area contributed by atoms with Crippen LogP contribution in [0.3, 0.4) is 0 Å². The van der Waals surface area contributed by atoms with E-state index in [1.807, 2.05) is 0 Å². The Morgan fingerprint density at radius 3 is 2.44 bits per heavy atom. The van der Waals surface area contributed by atoms with Crippen LogP contribution in [0.25, 0.3) is 0 Å². The average Bonchev–Trinajstić information content (AvgIpc) is 2.25. The first-order valence-corrected chi connectivity index (χ1v) is 5.53. The number of nitrogens with zero attached hydrogens (tertiary/aromatic N) is 1. The van der Waals surface area contributed by atoms with Crippen LogP contribution in [0, 0.1) is 16.0 Å². The molecule has 0 aliphatic heterocycles. The third-order valence-electron chi connectivity index (χ3n) is 2.37. The lowest BCUT2D eigenvalue weighted by Crippen LogP contribution is -2.16. The van der Waals surface area contributed by atoms with Gasteiger partial charge < -0.3 is 5.32 Å². The second-order valence-corrected chi connectivity index (χ2v) is 4.28. The number of rotatable bonds is 6. The van der Waals surface area contributed by atoms with E-state index in [4.69, 9.17) is 0 Å². The van der Waals surface area contributed by atoms with Crippen LogP contribution in [-0.2, 0) is 6.54 Å². The Balaban J connectivity index is 2.35. The van der Waals surface area contributed by atoms with Crippen molar-refractivity contribution in [1.29, 1.82) is 0 Å². The van der Waals surface area contributed by atoms with Crippen LogP contribution < -0.4 is 5.32 Å². The van der Waals surface area contributed by atoms with E-state index >= 15 is 0 Å². The van der Waals surface area contributed by atoms with Crippen LogP contribution >= 0.6 is 0 Å². The molecular formula is C12H18N2O2. The molecule has 0 aliphatic carbocycles. The zero-order valence-corrected chi connectivity index (χ0v) is 9.77. The van der Waals surface area contributed by atoms with Crippen LogP contribution in [0.15, 0.2) is 24.3 Å². The summed E-state index contributed by atoms with van der Waals surface area (Å²) in [5.41, 5.74) is 1.22. The molecule has 0 bridgehead atoms. The van der Waals surface area contributed by atoms with Gasteiger partial charge in [-0.2, -0.15) is 0 Å². The largest absolute Gasteiger partial charge is 0.313 e. The summed E-state index contributed by atoms with van der Waals surface area (Å²) >= 11 is 0. The summed E-state index contributed by atoms with van der Waals surface area (Å²) in [6.07, 6.45) is 1.15. The maximum atomic E-state index is 10.4. The van der Waals surface area contributed by atoms with Gasteiger partial charge >= 0.3 is 0 Å². The normalized spacial score (nSPS) is 10.7. The SMILES string of the molecule is CC(C)CCNCc1ccc([N+](=O)[O-])cc1. The highest BCUT2D eigenvalue weighted by Gasteiger charge is 2.03. The summed E-state index contributed by atoms with van der Waals surface area (Å²) in [4.78, 5) is 10.1. The molecule has 0 aromatic heterocycles. The minimum atomic E-state index is -0.379. The molecule has 0 amide bonds. The van der Waals surface area contributed by atoms with Crippen LogP contribution in [0.2, 0.25) is 0 Å². The van der Waals surface area contributed by atoms with E-state index in [1.54, 1.807) is 24.3 Å². The van der Waals surface area contributed by atoms with Gasteiger partial charge in [0.2, 0.25) is 0 Å². The number of benzene rings is 1. The lowest BCUT2D eigenvalue weighted by Gasteiger charge is -2.06. The predicted octanol–water partition coefficient (Wildman–Crippen LogP) is 2.73. The van der Waals surface area contributed by atoms with Gasteiger partial charge in [0.1, 0.15) is 0 Å². The van der Waals surface area contributed by atoms with E-state index in [9.17, 15) is 10.1 Å². The molecule has 16 heavy (non-hydrogen) atoms. The second-order valence-electron chi connectivity index (χ2n) is 4.28. The third-order valence-corrected chi connectivity index (χ3v) is 2.37. The molecule has 0 aliphatic rings. The Kier molecular flexibility index (Phi) is 4.92. The minimum Gasteiger partial charge on any atom is -0.313 e. The van der Waals surface area contributed by atoms with Crippen molar-refractivity contribution in [1.82, 2.24) is 5.32 Å². The molecule has 4 nitrogen and oxygen atoms in total. The van der Waals surface area contributed by atoms with Gasteiger partial charge in [0, 0.05) is 18.7 Å². The number of hydrogen-bond acceptors (Lipinski definition) is 3. The fourth-order valence-electron chi connectivity index (χ4n) is 1.36. The van der Waals surface area contributed by atoms with Gasteiger partial charge in [0.15, 0.2) is 0 Å². The molecule has 4 heteroatoms. The van der Waals surface area contributed by atoms with Crippen molar-refractivity contribution in [2.75, 3.05) is 6.54 Å².